The van der Waals surface area contributed by atoms with Crippen LogP contribution in [-0.2, 0) is 5.41 Å². The van der Waals surface area contributed by atoms with Crippen LogP contribution >= 0.6 is 0 Å². The maximum absolute atomic E-state index is 3.62. The average Bonchev–Trinajstić information content (AvgIpc) is 2.29. The van der Waals surface area contributed by atoms with Gasteiger partial charge in [0.2, 0.25) is 0 Å². The zero-order valence-electron chi connectivity index (χ0n) is 12.0. The van der Waals surface area contributed by atoms with Crippen LogP contribution < -0.4 is 5.32 Å². The summed E-state index contributed by atoms with van der Waals surface area (Å²) >= 11 is 0. The normalized spacial score (nSPS) is 11.9. The number of benzene rings is 1. The highest BCUT2D eigenvalue weighted by Gasteiger charge is 2.17. The first-order valence-corrected chi connectivity index (χ1v) is 6.82. The Morgan fingerprint density at radius 3 is 2.18 bits per heavy atom. The SMILES string of the molecule is CCC(CC)CNc1ccccc1C(C)(C)C. The molecule has 0 saturated heterocycles. The predicted octanol–water partition coefficient (Wildman–Crippen LogP) is 4.83. The number of rotatable bonds is 5. The van der Waals surface area contributed by atoms with Crippen LogP contribution in [0.15, 0.2) is 24.3 Å². The van der Waals surface area contributed by atoms with Crippen molar-refractivity contribution in [3.63, 3.8) is 0 Å². The average molecular weight is 233 g/mol. The van der Waals surface area contributed by atoms with E-state index in [0.717, 1.165) is 12.5 Å². The third-order valence-electron chi connectivity index (χ3n) is 3.47. The first kappa shape index (κ1) is 14.1. The quantitative estimate of drug-likeness (QED) is 0.768. The van der Waals surface area contributed by atoms with Crippen molar-refractivity contribution in [3.05, 3.63) is 29.8 Å². The number of nitrogens with one attached hydrogen (secondary N) is 1. The Balaban J connectivity index is 2.77. The molecule has 0 atom stereocenters. The molecule has 1 rings (SSSR count). The van der Waals surface area contributed by atoms with Crippen molar-refractivity contribution < 1.29 is 0 Å². The Labute approximate surface area is 107 Å². The summed E-state index contributed by atoms with van der Waals surface area (Å²) in [7, 11) is 0. The monoisotopic (exact) mass is 233 g/mol. The van der Waals surface area contributed by atoms with Crippen molar-refractivity contribution in [2.75, 3.05) is 11.9 Å². The lowest BCUT2D eigenvalue weighted by Gasteiger charge is -2.24. The van der Waals surface area contributed by atoms with E-state index in [9.17, 15) is 0 Å². The van der Waals surface area contributed by atoms with Crippen LogP contribution in [0.4, 0.5) is 5.69 Å². The zero-order valence-corrected chi connectivity index (χ0v) is 12.0. The van der Waals surface area contributed by atoms with Crippen molar-refractivity contribution in [3.8, 4) is 0 Å². The van der Waals surface area contributed by atoms with Gasteiger partial charge in [-0.1, -0.05) is 65.7 Å². The van der Waals surface area contributed by atoms with Crippen molar-refractivity contribution in [2.24, 2.45) is 5.92 Å². The summed E-state index contributed by atoms with van der Waals surface area (Å²) in [6.07, 6.45) is 2.50. The van der Waals surface area contributed by atoms with Gasteiger partial charge >= 0.3 is 0 Å². The van der Waals surface area contributed by atoms with Gasteiger partial charge in [-0.3, -0.25) is 0 Å². The van der Waals surface area contributed by atoms with E-state index in [0.29, 0.717) is 0 Å². The minimum Gasteiger partial charge on any atom is -0.385 e. The molecule has 0 heterocycles. The van der Waals surface area contributed by atoms with Crippen LogP contribution in [0.3, 0.4) is 0 Å². The van der Waals surface area contributed by atoms with Crippen molar-refractivity contribution in [1.82, 2.24) is 0 Å². The van der Waals surface area contributed by atoms with E-state index in [1.54, 1.807) is 0 Å². The van der Waals surface area contributed by atoms with Crippen LogP contribution in [0.1, 0.15) is 53.0 Å². The van der Waals surface area contributed by atoms with Crippen molar-refractivity contribution >= 4 is 5.69 Å². The molecule has 0 saturated carbocycles. The summed E-state index contributed by atoms with van der Waals surface area (Å²) in [5, 5.41) is 3.62. The van der Waals surface area contributed by atoms with E-state index >= 15 is 0 Å². The Hall–Kier alpha value is -0.980. The molecule has 0 amide bonds. The van der Waals surface area contributed by atoms with Gasteiger partial charge in [-0.05, 0) is 23.0 Å². The van der Waals surface area contributed by atoms with Gasteiger partial charge in [0.05, 0.1) is 0 Å². The van der Waals surface area contributed by atoms with Gasteiger partial charge in [0.15, 0.2) is 0 Å². The van der Waals surface area contributed by atoms with Gasteiger partial charge in [0, 0.05) is 12.2 Å². The molecule has 17 heavy (non-hydrogen) atoms. The predicted molar refractivity (Wildman–Crippen MR) is 77.7 cm³/mol. The van der Waals surface area contributed by atoms with Gasteiger partial charge in [-0.15, -0.1) is 0 Å². The molecule has 96 valence electrons. The molecule has 0 fully saturated rings. The first-order valence-electron chi connectivity index (χ1n) is 6.82. The molecule has 0 aliphatic rings. The van der Waals surface area contributed by atoms with Crippen LogP contribution in [0, 0.1) is 5.92 Å². The maximum atomic E-state index is 3.62. The van der Waals surface area contributed by atoms with Crippen LogP contribution in [0.2, 0.25) is 0 Å². The molecule has 0 unspecified atom stereocenters. The summed E-state index contributed by atoms with van der Waals surface area (Å²) in [5.74, 6) is 0.781. The lowest BCUT2D eigenvalue weighted by molar-refractivity contribution is 0.517. The highest BCUT2D eigenvalue weighted by atomic mass is 14.9. The molecule has 0 aliphatic carbocycles. The second-order valence-electron chi connectivity index (χ2n) is 5.86. The lowest BCUT2D eigenvalue weighted by atomic mass is 9.85. The third-order valence-corrected chi connectivity index (χ3v) is 3.47. The Bertz CT molecular complexity index is 332. The van der Waals surface area contributed by atoms with E-state index in [1.165, 1.54) is 24.1 Å². The molecule has 0 bridgehead atoms. The lowest BCUT2D eigenvalue weighted by Crippen LogP contribution is -2.18. The number of hydrogen-bond acceptors (Lipinski definition) is 1. The summed E-state index contributed by atoms with van der Waals surface area (Å²) in [6, 6.07) is 8.67. The van der Waals surface area contributed by atoms with E-state index in [4.69, 9.17) is 0 Å². The summed E-state index contributed by atoms with van der Waals surface area (Å²) in [5.41, 5.74) is 2.91. The molecular formula is C16H27N. The molecule has 1 aromatic rings. The molecule has 1 nitrogen and oxygen atoms in total. The molecule has 0 aromatic heterocycles. The van der Waals surface area contributed by atoms with E-state index in [1.807, 2.05) is 0 Å². The maximum Gasteiger partial charge on any atom is 0.0378 e. The molecule has 0 radical (unpaired) electrons. The van der Waals surface area contributed by atoms with Crippen LogP contribution in [0.25, 0.3) is 0 Å². The molecule has 1 N–H and O–H groups in total. The van der Waals surface area contributed by atoms with E-state index in [-0.39, 0.29) is 5.41 Å². The molecule has 0 aliphatic heterocycles. The Morgan fingerprint density at radius 1 is 1.06 bits per heavy atom. The number of anilines is 1. The first-order chi connectivity index (χ1) is 7.99. The highest BCUT2D eigenvalue weighted by Crippen LogP contribution is 2.29. The Morgan fingerprint density at radius 2 is 1.65 bits per heavy atom. The fraction of sp³-hybridized carbons (Fsp3) is 0.625. The second-order valence-corrected chi connectivity index (χ2v) is 5.86. The minimum absolute atomic E-state index is 0.206. The van der Waals surface area contributed by atoms with Crippen LogP contribution in [0.5, 0.6) is 0 Å². The summed E-state index contributed by atoms with van der Waals surface area (Å²) in [6.45, 7) is 12.4. The molecule has 1 aromatic carbocycles. The standard InChI is InChI=1S/C16H27N/c1-6-13(7-2)12-17-15-11-9-8-10-14(15)16(3,4)5/h8-11,13,17H,6-7,12H2,1-5H3. The molecular weight excluding hydrogens is 206 g/mol. The largest absolute Gasteiger partial charge is 0.385 e. The number of hydrogen-bond donors (Lipinski definition) is 1. The third kappa shape index (κ3) is 4.07. The topological polar surface area (TPSA) is 12.0 Å². The summed E-state index contributed by atoms with van der Waals surface area (Å²) < 4.78 is 0. The fourth-order valence-corrected chi connectivity index (χ4v) is 2.12. The molecule has 0 spiro atoms. The zero-order chi connectivity index (χ0) is 12.9. The van der Waals surface area contributed by atoms with Crippen molar-refractivity contribution in [2.45, 2.75) is 52.9 Å². The van der Waals surface area contributed by atoms with E-state index in [2.05, 4.69) is 64.2 Å². The van der Waals surface area contributed by atoms with E-state index < -0.39 is 0 Å². The Kier molecular flexibility index (Phi) is 5.04. The van der Waals surface area contributed by atoms with Crippen LogP contribution in [-0.4, -0.2) is 6.54 Å². The minimum atomic E-state index is 0.206. The van der Waals surface area contributed by atoms with Gasteiger partial charge in [0.25, 0.3) is 0 Å². The van der Waals surface area contributed by atoms with Gasteiger partial charge < -0.3 is 5.32 Å². The smallest absolute Gasteiger partial charge is 0.0378 e. The van der Waals surface area contributed by atoms with Crippen molar-refractivity contribution in [1.29, 1.82) is 0 Å². The second kappa shape index (κ2) is 6.09. The number of para-hydroxylation sites is 1. The van der Waals surface area contributed by atoms with Gasteiger partial charge in [0.1, 0.15) is 0 Å². The van der Waals surface area contributed by atoms with Gasteiger partial charge in [-0.2, -0.15) is 0 Å². The summed E-state index contributed by atoms with van der Waals surface area (Å²) in [4.78, 5) is 0. The highest BCUT2D eigenvalue weighted by molar-refractivity contribution is 5.54. The molecule has 1 heteroatoms. The van der Waals surface area contributed by atoms with Gasteiger partial charge in [-0.25, -0.2) is 0 Å². The fourth-order valence-electron chi connectivity index (χ4n) is 2.12.